The molecule has 0 heterocycles. The predicted molar refractivity (Wildman–Crippen MR) is 75.1 cm³/mol. The molecule has 1 rings (SSSR count). The molecular weight excluding hydrogens is 244 g/mol. The first-order chi connectivity index (χ1) is 9.09. The fourth-order valence-electron chi connectivity index (χ4n) is 1.64. The first-order valence-corrected chi connectivity index (χ1v) is 6.65. The van der Waals surface area contributed by atoms with Crippen LogP contribution >= 0.6 is 0 Å². The summed E-state index contributed by atoms with van der Waals surface area (Å²) >= 11 is 0. The van der Waals surface area contributed by atoms with Crippen molar-refractivity contribution in [2.75, 3.05) is 13.2 Å². The molecule has 5 heteroatoms. The number of nitro groups is 1. The Hall–Kier alpha value is -1.46. The number of rotatable bonds is 9. The molecule has 0 saturated carbocycles. The van der Waals surface area contributed by atoms with Crippen molar-refractivity contribution in [3.05, 3.63) is 39.9 Å². The Morgan fingerprint density at radius 2 is 1.95 bits per heavy atom. The molecule has 0 atom stereocenters. The van der Waals surface area contributed by atoms with Gasteiger partial charge in [0.2, 0.25) is 0 Å². The van der Waals surface area contributed by atoms with Crippen molar-refractivity contribution in [1.29, 1.82) is 0 Å². The number of nitrogens with one attached hydrogen (secondary N) is 1. The molecule has 0 aliphatic heterocycles. The Balaban J connectivity index is 2.11. The van der Waals surface area contributed by atoms with Gasteiger partial charge in [-0.25, -0.2) is 0 Å². The van der Waals surface area contributed by atoms with Crippen LogP contribution in [0.25, 0.3) is 0 Å². The number of unbranched alkanes of at least 4 members (excludes halogenated alkanes) is 1. The summed E-state index contributed by atoms with van der Waals surface area (Å²) in [6.07, 6.45) is 2.42. The minimum absolute atomic E-state index is 0.134. The molecule has 5 nitrogen and oxygen atoms in total. The summed E-state index contributed by atoms with van der Waals surface area (Å²) in [6.45, 7) is 6.54. The quantitative estimate of drug-likeness (QED) is 0.424. The Labute approximate surface area is 114 Å². The van der Waals surface area contributed by atoms with Crippen LogP contribution < -0.4 is 5.32 Å². The smallest absolute Gasteiger partial charge is 0.269 e. The molecule has 0 saturated heterocycles. The van der Waals surface area contributed by atoms with Crippen LogP contribution in [-0.4, -0.2) is 24.2 Å². The van der Waals surface area contributed by atoms with Gasteiger partial charge >= 0.3 is 0 Å². The predicted octanol–water partition coefficient (Wildman–Crippen LogP) is 2.89. The van der Waals surface area contributed by atoms with Gasteiger partial charge < -0.3 is 10.1 Å². The van der Waals surface area contributed by atoms with Crippen LogP contribution in [-0.2, 0) is 11.3 Å². The van der Waals surface area contributed by atoms with Crippen molar-refractivity contribution in [3.8, 4) is 0 Å². The number of hydrogen-bond acceptors (Lipinski definition) is 4. The summed E-state index contributed by atoms with van der Waals surface area (Å²) in [5.41, 5.74) is 1.19. The molecule has 0 spiro atoms. The molecule has 1 N–H and O–H groups in total. The molecule has 0 amide bonds. The molecule has 0 bridgehead atoms. The van der Waals surface area contributed by atoms with Crippen molar-refractivity contribution in [2.45, 2.75) is 39.3 Å². The van der Waals surface area contributed by atoms with Crippen LogP contribution in [0.1, 0.15) is 32.3 Å². The second-order valence-corrected chi connectivity index (χ2v) is 4.73. The van der Waals surface area contributed by atoms with E-state index in [-0.39, 0.29) is 10.6 Å². The fraction of sp³-hybridized carbons (Fsp3) is 0.571. The maximum absolute atomic E-state index is 10.5. The maximum atomic E-state index is 10.5. The second-order valence-electron chi connectivity index (χ2n) is 4.73. The van der Waals surface area contributed by atoms with E-state index in [0.29, 0.717) is 6.10 Å². The highest BCUT2D eigenvalue weighted by molar-refractivity contribution is 5.32. The Morgan fingerprint density at radius 3 is 2.53 bits per heavy atom. The molecule has 1 aromatic rings. The van der Waals surface area contributed by atoms with E-state index in [4.69, 9.17) is 4.74 Å². The van der Waals surface area contributed by atoms with E-state index in [0.717, 1.165) is 38.1 Å². The van der Waals surface area contributed by atoms with Gasteiger partial charge in [-0.05, 0) is 38.8 Å². The minimum Gasteiger partial charge on any atom is -0.379 e. The molecule has 0 fully saturated rings. The second kappa shape index (κ2) is 8.61. The molecule has 0 radical (unpaired) electrons. The van der Waals surface area contributed by atoms with Gasteiger partial charge in [0, 0.05) is 25.3 Å². The molecule has 0 unspecified atom stereocenters. The third-order valence-electron chi connectivity index (χ3n) is 2.68. The van der Waals surface area contributed by atoms with Crippen molar-refractivity contribution in [1.82, 2.24) is 5.32 Å². The van der Waals surface area contributed by atoms with Gasteiger partial charge in [-0.3, -0.25) is 10.1 Å². The molecule has 0 aromatic heterocycles. The van der Waals surface area contributed by atoms with Gasteiger partial charge in [0.1, 0.15) is 0 Å². The van der Waals surface area contributed by atoms with Crippen LogP contribution in [0.3, 0.4) is 0 Å². The summed E-state index contributed by atoms with van der Waals surface area (Å²) < 4.78 is 5.45. The molecule has 0 aliphatic rings. The van der Waals surface area contributed by atoms with Crippen LogP contribution in [0, 0.1) is 10.1 Å². The van der Waals surface area contributed by atoms with E-state index in [9.17, 15) is 10.1 Å². The lowest BCUT2D eigenvalue weighted by molar-refractivity contribution is -0.384. The molecule has 0 aliphatic carbocycles. The summed E-state index contributed by atoms with van der Waals surface area (Å²) in [5.74, 6) is 0. The van der Waals surface area contributed by atoms with Gasteiger partial charge in [0.05, 0.1) is 11.0 Å². The maximum Gasteiger partial charge on any atom is 0.269 e. The first kappa shape index (κ1) is 15.6. The lowest BCUT2D eigenvalue weighted by Gasteiger charge is -2.07. The molecule has 1 aromatic carbocycles. The third kappa shape index (κ3) is 6.88. The Bertz CT molecular complexity index is 377. The fourth-order valence-corrected chi connectivity index (χ4v) is 1.64. The van der Waals surface area contributed by atoms with E-state index in [1.807, 2.05) is 13.8 Å². The lowest BCUT2D eigenvalue weighted by atomic mass is 10.2. The average Bonchev–Trinajstić information content (AvgIpc) is 2.38. The normalized spacial score (nSPS) is 10.9. The lowest BCUT2D eigenvalue weighted by Crippen LogP contribution is -2.15. The summed E-state index contributed by atoms with van der Waals surface area (Å²) in [5, 5.41) is 13.8. The standard InChI is InChI=1S/C14H22N2O3/c1-12(2)19-10-4-3-9-15-11-13-5-7-14(8-6-13)16(17)18/h5-8,12,15H,3-4,9-11H2,1-2H3. The summed E-state index contributed by atoms with van der Waals surface area (Å²) in [6, 6.07) is 6.64. The van der Waals surface area contributed by atoms with Crippen LogP contribution in [0.2, 0.25) is 0 Å². The van der Waals surface area contributed by atoms with Gasteiger partial charge in [0.15, 0.2) is 0 Å². The Morgan fingerprint density at radius 1 is 1.26 bits per heavy atom. The molecular formula is C14H22N2O3. The van der Waals surface area contributed by atoms with Gasteiger partial charge in [0.25, 0.3) is 5.69 Å². The summed E-state index contributed by atoms with van der Waals surface area (Å²) in [4.78, 5) is 10.1. The largest absolute Gasteiger partial charge is 0.379 e. The SMILES string of the molecule is CC(C)OCCCCNCc1ccc([N+](=O)[O-])cc1. The number of nitro benzene ring substituents is 1. The van der Waals surface area contributed by atoms with Crippen molar-refractivity contribution in [2.24, 2.45) is 0 Å². The van der Waals surface area contributed by atoms with E-state index in [1.54, 1.807) is 12.1 Å². The topological polar surface area (TPSA) is 64.4 Å². The number of hydrogen-bond donors (Lipinski definition) is 1. The average molecular weight is 266 g/mol. The van der Waals surface area contributed by atoms with Crippen molar-refractivity contribution < 1.29 is 9.66 Å². The number of nitrogens with zero attached hydrogens (tertiary/aromatic N) is 1. The van der Waals surface area contributed by atoms with Crippen LogP contribution in [0.15, 0.2) is 24.3 Å². The molecule has 19 heavy (non-hydrogen) atoms. The highest BCUT2D eigenvalue weighted by Crippen LogP contribution is 2.11. The number of benzene rings is 1. The summed E-state index contributed by atoms with van der Waals surface area (Å²) in [7, 11) is 0. The third-order valence-corrected chi connectivity index (χ3v) is 2.68. The number of non-ortho nitro benzene ring substituents is 1. The zero-order valence-corrected chi connectivity index (χ0v) is 11.6. The Kier molecular flexibility index (Phi) is 7.07. The monoisotopic (exact) mass is 266 g/mol. The first-order valence-electron chi connectivity index (χ1n) is 6.65. The van der Waals surface area contributed by atoms with Gasteiger partial charge in [-0.1, -0.05) is 12.1 Å². The zero-order valence-electron chi connectivity index (χ0n) is 11.6. The van der Waals surface area contributed by atoms with Crippen molar-refractivity contribution in [3.63, 3.8) is 0 Å². The highest BCUT2D eigenvalue weighted by Gasteiger charge is 2.03. The van der Waals surface area contributed by atoms with Gasteiger partial charge in [-0.15, -0.1) is 0 Å². The van der Waals surface area contributed by atoms with Crippen LogP contribution in [0.5, 0.6) is 0 Å². The molecule has 106 valence electrons. The van der Waals surface area contributed by atoms with E-state index in [2.05, 4.69) is 5.32 Å². The van der Waals surface area contributed by atoms with Crippen molar-refractivity contribution >= 4 is 5.69 Å². The minimum atomic E-state index is -0.383. The number of ether oxygens (including phenoxy) is 1. The van der Waals surface area contributed by atoms with Gasteiger partial charge in [-0.2, -0.15) is 0 Å². The zero-order chi connectivity index (χ0) is 14.1. The van der Waals surface area contributed by atoms with E-state index >= 15 is 0 Å². The van der Waals surface area contributed by atoms with E-state index < -0.39 is 0 Å². The van der Waals surface area contributed by atoms with Crippen LogP contribution in [0.4, 0.5) is 5.69 Å². The highest BCUT2D eigenvalue weighted by atomic mass is 16.6. The van der Waals surface area contributed by atoms with E-state index in [1.165, 1.54) is 12.1 Å².